The number of pyridine rings is 1. The number of carbonyl (C=O) groups excluding carboxylic acids is 1. The molecule has 11 heteroatoms. The molecule has 2 aromatic heterocycles. The summed E-state index contributed by atoms with van der Waals surface area (Å²) >= 11 is 6.94. The van der Waals surface area contributed by atoms with Gasteiger partial charge in [-0.25, -0.2) is 4.98 Å². The van der Waals surface area contributed by atoms with Crippen molar-refractivity contribution in [2.75, 3.05) is 44.4 Å². The fourth-order valence-electron chi connectivity index (χ4n) is 6.61. The number of aryl methyl sites for hydroxylation is 1. The molecule has 3 aliphatic rings. The number of hydrogen-bond donors (Lipinski definition) is 0. The van der Waals surface area contributed by atoms with Crippen LogP contribution >= 0.6 is 24.0 Å². The van der Waals surface area contributed by atoms with Crippen molar-refractivity contribution in [2.45, 2.75) is 84.6 Å². The van der Waals surface area contributed by atoms with Crippen LogP contribution in [0, 0.1) is 6.92 Å². The zero-order valence-electron chi connectivity index (χ0n) is 28.2. The van der Waals surface area contributed by atoms with Crippen LogP contribution in [0.15, 0.2) is 46.2 Å². The van der Waals surface area contributed by atoms with Crippen LogP contribution in [0.2, 0.25) is 0 Å². The van der Waals surface area contributed by atoms with Gasteiger partial charge in [0, 0.05) is 45.5 Å². The number of carbonyl (C=O) groups is 1. The minimum atomic E-state index is -0.179. The van der Waals surface area contributed by atoms with Gasteiger partial charge in [0.1, 0.15) is 15.8 Å². The van der Waals surface area contributed by atoms with Gasteiger partial charge in [0.2, 0.25) is 6.79 Å². The molecule has 48 heavy (non-hydrogen) atoms. The van der Waals surface area contributed by atoms with Crippen LogP contribution in [-0.2, 0) is 11.3 Å². The zero-order valence-corrected chi connectivity index (χ0v) is 29.9. The molecule has 9 nitrogen and oxygen atoms in total. The summed E-state index contributed by atoms with van der Waals surface area (Å²) < 4.78 is 13.2. The number of hydrogen-bond acceptors (Lipinski definition) is 9. The number of nitrogens with zero attached hydrogens (tertiary/aromatic N) is 5. The van der Waals surface area contributed by atoms with Crippen LogP contribution in [0.25, 0.3) is 11.7 Å². The quantitative estimate of drug-likeness (QED) is 0.0937. The topological polar surface area (TPSA) is 79.6 Å². The fourth-order valence-corrected chi connectivity index (χ4v) is 7.90. The number of amides is 1. The first-order chi connectivity index (χ1) is 23.4. The third kappa shape index (κ3) is 8.23. The SMILES string of the molecule is CCCCCCCCCCCCN1C(=O)/C(=C\c2c(N3CCN(Cc4ccc5c(c4)OCO5)CC3)nc3ccc(C)cn3c2=O)SC1=S. The van der Waals surface area contributed by atoms with E-state index in [0.29, 0.717) is 45.9 Å². The molecule has 0 atom stereocenters. The van der Waals surface area contributed by atoms with Gasteiger partial charge < -0.3 is 14.4 Å². The monoisotopic (exact) mass is 689 g/mol. The Labute approximate surface area is 293 Å². The van der Waals surface area contributed by atoms with Gasteiger partial charge in [-0.05, 0) is 48.7 Å². The number of piperazine rings is 1. The molecule has 1 aromatic carbocycles. The van der Waals surface area contributed by atoms with Gasteiger partial charge in [0.15, 0.2) is 11.5 Å². The summed E-state index contributed by atoms with van der Waals surface area (Å²) in [7, 11) is 0. The minimum absolute atomic E-state index is 0.117. The van der Waals surface area contributed by atoms with E-state index in [0.717, 1.165) is 49.5 Å². The number of aromatic nitrogens is 2. The molecule has 0 N–H and O–H groups in total. The van der Waals surface area contributed by atoms with E-state index in [4.69, 9.17) is 26.7 Å². The van der Waals surface area contributed by atoms with Gasteiger partial charge in [-0.2, -0.15) is 0 Å². The van der Waals surface area contributed by atoms with E-state index in [1.807, 2.05) is 37.4 Å². The highest BCUT2D eigenvalue weighted by molar-refractivity contribution is 8.26. The second-order valence-electron chi connectivity index (χ2n) is 13.1. The molecule has 0 aliphatic carbocycles. The summed E-state index contributed by atoms with van der Waals surface area (Å²) in [5.74, 6) is 2.08. The van der Waals surface area contributed by atoms with Crippen LogP contribution < -0.4 is 19.9 Å². The molecule has 0 radical (unpaired) electrons. The van der Waals surface area contributed by atoms with Crippen molar-refractivity contribution in [2.24, 2.45) is 0 Å². The number of thioether (sulfide) groups is 1. The second-order valence-corrected chi connectivity index (χ2v) is 14.7. The molecule has 0 spiro atoms. The molecule has 5 heterocycles. The summed E-state index contributed by atoms with van der Waals surface area (Å²) in [4.78, 5) is 39.4. The van der Waals surface area contributed by atoms with Crippen molar-refractivity contribution in [3.05, 3.63) is 68.5 Å². The predicted molar refractivity (Wildman–Crippen MR) is 198 cm³/mol. The third-order valence-electron chi connectivity index (χ3n) is 9.38. The van der Waals surface area contributed by atoms with Crippen molar-refractivity contribution in [1.82, 2.24) is 19.2 Å². The Balaban J connectivity index is 1.12. The smallest absolute Gasteiger partial charge is 0.267 e. The standard InChI is InChI=1S/C37H47N5O4S2/c1-3-4-5-6-7-8-9-10-11-12-17-41-36(44)32(48-37(41)47)23-29-34(38-33-16-13-27(2)24-42(33)35(29)43)40-20-18-39(19-21-40)25-28-14-15-30-31(22-28)46-26-45-30/h13-16,22-24H,3-12,17-21,25-26H2,1-2H3/b32-23+. The largest absolute Gasteiger partial charge is 0.454 e. The first kappa shape index (κ1) is 34.5. The Morgan fingerprint density at radius 1 is 0.896 bits per heavy atom. The normalized spacial score (nSPS) is 17.4. The zero-order chi connectivity index (χ0) is 33.5. The molecule has 3 aromatic rings. The van der Waals surface area contributed by atoms with Gasteiger partial charge in [0.05, 0.1) is 10.5 Å². The van der Waals surface area contributed by atoms with Crippen molar-refractivity contribution in [3.63, 3.8) is 0 Å². The average Bonchev–Trinajstić information content (AvgIpc) is 3.66. The summed E-state index contributed by atoms with van der Waals surface area (Å²) in [6.45, 7) is 8.92. The number of fused-ring (bicyclic) bond motifs is 2. The van der Waals surface area contributed by atoms with E-state index in [1.54, 1.807) is 15.4 Å². The molecule has 2 saturated heterocycles. The van der Waals surface area contributed by atoms with E-state index in [9.17, 15) is 9.59 Å². The van der Waals surface area contributed by atoms with Gasteiger partial charge in [-0.15, -0.1) is 0 Å². The molecular weight excluding hydrogens is 643 g/mol. The van der Waals surface area contributed by atoms with Crippen molar-refractivity contribution >= 4 is 51.7 Å². The van der Waals surface area contributed by atoms with Crippen LogP contribution in [-0.4, -0.2) is 68.9 Å². The first-order valence-electron chi connectivity index (χ1n) is 17.6. The minimum Gasteiger partial charge on any atom is -0.454 e. The summed E-state index contributed by atoms with van der Waals surface area (Å²) in [6, 6.07) is 9.94. The molecule has 0 unspecified atom stereocenters. The number of anilines is 1. The third-order valence-corrected chi connectivity index (χ3v) is 10.8. The van der Waals surface area contributed by atoms with E-state index >= 15 is 0 Å². The van der Waals surface area contributed by atoms with E-state index in [1.165, 1.54) is 68.7 Å². The Morgan fingerprint density at radius 3 is 2.35 bits per heavy atom. The first-order valence-corrected chi connectivity index (χ1v) is 18.8. The number of thiocarbonyl (C=S) groups is 1. The lowest BCUT2D eigenvalue weighted by atomic mass is 10.1. The van der Waals surface area contributed by atoms with Gasteiger partial charge >= 0.3 is 0 Å². The molecule has 1 amide bonds. The maximum absolute atomic E-state index is 14.0. The highest BCUT2D eigenvalue weighted by Gasteiger charge is 2.33. The Kier molecular flexibility index (Phi) is 11.7. The average molecular weight is 690 g/mol. The fraction of sp³-hybridized carbons (Fsp3) is 0.514. The van der Waals surface area contributed by atoms with E-state index in [-0.39, 0.29) is 18.3 Å². The van der Waals surface area contributed by atoms with Crippen molar-refractivity contribution in [1.29, 1.82) is 0 Å². The highest BCUT2D eigenvalue weighted by Crippen LogP contribution is 2.35. The highest BCUT2D eigenvalue weighted by atomic mass is 32.2. The molecular formula is C37H47N5O4S2. The van der Waals surface area contributed by atoms with E-state index < -0.39 is 0 Å². The molecule has 6 rings (SSSR count). The number of ether oxygens (including phenoxy) is 2. The van der Waals surface area contributed by atoms with E-state index in [2.05, 4.69) is 22.8 Å². The lowest BCUT2D eigenvalue weighted by Gasteiger charge is -2.36. The Morgan fingerprint density at radius 2 is 1.60 bits per heavy atom. The predicted octanol–water partition coefficient (Wildman–Crippen LogP) is 7.18. The Hall–Kier alpha value is -3.41. The Bertz CT molecular complexity index is 1720. The van der Waals surface area contributed by atoms with Gasteiger partial charge in [-0.3, -0.25) is 23.8 Å². The lowest BCUT2D eigenvalue weighted by Crippen LogP contribution is -2.47. The lowest BCUT2D eigenvalue weighted by molar-refractivity contribution is -0.122. The maximum Gasteiger partial charge on any atom is 0.267 e. The summed E-state index contributed by atoms with van der Waals surface area (Å²) in [5, 5.41) is 0. The molecule has 3 aliphatic heterocycles. The van der Waals surface area contributed by atoms with Crippen LogP contribution in [0.3, 0.4) is 0 Å². The van der Waals surface area contributed by atoms with Gasteiger partial charge in [0.25, 0.3) is 11.5 Å². The molecule has 0 saturated carbocycles. The number of benzene rings is 1. The summed E-state index contributed by atoms with van der Waals surface area (Å²) in [5.41, 5.74) is 2.98. The number of rotatable bonds is 15. The number of unbranched alkanes of at least 4 members (excludes halogenated alkanes) is 9. The molecule has 2 fully saturated rings. The van der Waals surface area contributed by atoms with Crippen molar-refractivity contribution < 1.29 is 14.3 Å². The van der Waals surface area contributed by atoms with Crippen molar-refractivity contribution in [3.8, 4) is 11.5 Å². The van der Waals surface area contributed by atoms with Crippen LogP contribution in [0.5, 0.6) is 11.5 Å². The van der Waals surface area contributed by atoms with Crippen LogP contribution in [0.1, 0.15) is 87.8 Å². The van der Waals surface area contributed by atoms with Gasteiger partial charge in [-0.1, -0.05) is 101 Å². The second kappa shape index (κ2) is 16.3. The molecule has 256 valence electrons. The summed E-state index contributed by atoms with van der Waals surface area (Å²) in [6.07, 6.45) is 15.9. The molecule has 0 bridgehead atoms. The maximum atomic E-state index is 14.0. The van der Waals surface area contributed by atoms with Crippen LogP contribution in [0.4, 0.5) is 5.82 Å².